The Balaban J connectivity index is 1.94. The van der Waals surface area contributed by atoms with E-state index in [1.807, 2.05) is 6.92 Å². The molecule has 27 heavy (non-hydrogen) atoms. The van der Waals surface area contributed by atoms with Gasteiger partial charge in [-0.3, -0.25) is 9.48 Å². The van der Waals surface area contributed by atoms with Crippen LogP contribution in [-0.2, 0) is 21.5 Å². The van der Waals surface area contributed by atoms with Gasteiger partial charge in [0.2, 0.25) is 0 Å². The van der Waals surface area contributed by atoms with Crippen LogP contribution in [0.3, 0.4) is 0 Å². The molecule has 0 unspecified atom stereocenters. The Morgan fingerprint density at radius 1 is 1.15 bits per heavy atom. The van der Waals surface area contributed by atoms with Gasteiger partial charge in [0.25, 0.3) is 5.91 Å². The topological polar surface area (TPSA) is 91.1 Å². The molecule has 0 saturated carbocycles. The maximum absolute atomic E-state index is 13.0. The van der Waals surface area contributed by atoms with Crippen molar-refractivity contribution in [2.75, 3.05) is 39.8 Å². The zero-order valence-electron chi connectivity index (χ0n) is 16.2. The van der Waals surface area contributed by atoms with Crippen molar-refractivity contribution in [3.8, 4) is 0 Å². The Kier molecular flexibility index (Phi) is 5.38. The molecule has 3 rings (SSSR count). The van der Waals surface area contributed by atoms with Gasteiger partial charge < -0.3 is 9.80 Å². The second-order valence-electron chi connectivity index (χ2n) is 6.66. The lowest BCUT2D eigenvalue weighted by molar-refractivity contribution is -0.129. The summed E-state index contributed by atoms with van der Waals surface area (Å²) in [4.78, 5) is 17.0. The first-order valence-electron chi connectivity index (χ1n) is 9.13. The fraction of sp³-hybridized carbons (Fsp3) is 0.588. The third kappa shape index (κ3) is 3.77. The van der Waals surface area contributed by atoms with Crippen LogP contribution in [0.15, 0.2) is 22.4 Å². The molecule has 0 radical (unpaired) electrons. The summed E-state index contributed by atoms with van der Waals surface area (Å²) < 4.78 is 31.6. The standard InChI is InChI=1S/C17H26N6O3S/c1-5-21-7-9-22(10-8-21)17(24)16-11-15(19-27(25,26)20(16)4)14-12-23(6-2)18-13(14)3/h11-12H,5-10H2,1-4H3. The third-order valence-corrected chi connectivity index (χ3v) is 6.36. The number of carbonyl (C=O) groups is 1. The Hall–Kier alpha value is -2.20. The maximum Gasteiger partial charge on any atom is 0.345 e. The van der Waals surface area contributed by atoms with E-state index in [4.69, 9.17) is 0 Å². The molecule has 0 aliphatic carbocycles. The first kappa shape index (κ1) is 19.6. The molecule has 2 aliphatic heterocycles. The minimum atomic E-state index is -3.96. The first-order valence-corrected chi connectivity index (χ1v) is 10.5. The monoisotopic (exact) mass is 394 g/mol. The van der Waals surface area contributed by atoms with E-state index in [0.29, 0.717) is 30.9 Å². The smallest absolute Gasteiger partial charge is 0.335 e. The second kappa shape index (κ2) is 7.43. The van der Waals surface area contributed by atoms with Crippen molar-refractivity contribution in [3.63, 3.8) is 0 Å². The van der Waals surface area contributed by atoms with Crippen LogP contribution in [0.4, 0.5) is 0 Å². The molecule has 1 aromatic rings. The van der Waals surface area contributed by atoms with E-state index in [2.05, 4.69) is 21.3 Å². The summed E-state index contributed by atoms with van der Waals surface area (Å²) in [6, 6.07) is 0. The van der Waals surface area contributed by atoms with E-state index in [9.17, 15) is 13.2 Å². The molecular formula is C17H26N6O3S. The summed E-state index contributed by atoms with van der Waals surface area (Å²) in [6.45, 7) is 10.2. The van der Waals surface area contributed by atoms with Crippen LogP contribution in [-0.4, -0.2) is 83.7 Å². The number of carbonyl (C=O) groups excluding carboxylic acids is 1. The molecule has 3 heterocycles. The van der Waals surface area contributed by atoms with Crippen LogP contribution < -0.4 is 0 Å². The number of piperazine rings is 1. The van der Waals surface area contributed by atoms with E-state index in [1.54, 1.807) is 28.8 Å². The first-order chi connectivity index (χ1) is 12.8. The minimum absolute atomic E-state index is 0.119. The number of aromatic nitrogens is 2. The van der Waals surface area contributed by atoms with Gasteiger partial charge in [-0.25, -0.2) is 4.31 Å². The van der Waals surface area contributed by atoms with Crippen LogP contribution in [0.1, 0.15) is 25.1 Å². The Bertz CT molecular complexity index is 894. The summed E-state index contributed by atoms with van der Waals surface area (Å²) in [5.74, 6) is -0.287. The number of hydrogen-bond acceptors (Lipinski definition) is 5. The van der Waals surface area contributed by atoms with Crippen molar-refractivity contribution >= 4 is 21.8 Å². The van der Waals surface area contributed by atoms with Gasteiger partial charge in [-0.1, -0.05) is 6.92 Å². The number of hydrogen-bond donors (Lipinski definition) is 0. The largest absolute Gasteiger partial charge is 0.345 e. The number of nitrogens with zero attached hydrogens (tertiary/aromatic N) is 6. The van der Waals surface area contributed by atoms with Gasteiger partial charge in [-0.05, 0) is 26.5 Å². The van der Waals surface area contributed by atoms with Gasteiger partial charge in [0.15, 0.2) is 0 Å². The molecule has 0 aromatic carbocycles. The van der Waals surface area contributed by atoms with Crippen LogP contribution in [0, 0.1) is 6.92 Å². The Morgan fingerprint density at radius 2 is 1.81 bits per heavy atom. The molecular weight excluding hydrogens is 368 g/mol. The molecule has 10 heteroatoms. The molecule has 2 aliphatic rings. The molecule has 1 amide bonds. The fourth-order valence-corrected chi connectivity index (χ4v) is 4.14. The highest BCUT2D eigenvalue weighted by Crippen LogP contribution is 2.22. The lowest BCUT2D eigenvalue weighted by Crippen LogP contribution is -2.50. The van der Waals surface area contributed by atoms with E-state index in [0.717, 1.165) is 23.9 Å². The molecule has 0 N–H and O–H groups in total. The SMILES string of the molecule is CCN1CCN(C(=O)C2=CC(c3cn(CC)nc3C)=NS(=O)(=O)N2C)CC1. The molecule has 0 atom stereocenters. The number of allylic oxidation sites excluding steroid dienone is 1. The predicted molar refractivity (Wildman–Crippen MR) is 103 cm³/mol. The summed E-state index contributed by atoms with van der Waals surface area (Å²) in [7, 11) is -2.60. The second-order valence-corrected chi connectivity index (χ2v) is 8.29. The van der Waals surface area contributed by atoms with Crippen LogP contribution in [0.2, 0.25) is 0 Å². The van der Waals surface area contributed by atoms with Crippen molar-refractivity contribution < 1.29 is 13.2 Å². The van der Waals surface area contributed by atoms with Gasteiger partial charge in [0.05, 0.1) is 11.4 Å². The van der Waals surface area contributed by atoms with Gasteiger partial charge in [-0.2, -0.15) is 13.5 Å². The molecule has 1 fully saturated rings. The molecule has 1 aromatic heterocycles. The molecule has 0 bridgehead atoms. The molecule has 148 valence electrons. The molecule has 0 spiro atoms. The third-order valence-electron chi connectivity index (χ3n) is 5.04. The summed E-state index contributed by atoms with van der Waals surface area (Å²) >= 11 is 0. The van der Waals surface area contributed by atoms with Crippen molar-refractivity contribution in [1.29, 1.82) is 0 Å². The summed E-state index contributed by atoms with van der Waals surface area (Å²) in [5.41, 5.74) is 1.67. The normalized spacial score (nSPS) is 20.4. The average Bonchev–Trinajstić information content (AvgIpc) is 3.04. The number of likely N-dealkylation sites (N-methyl/N-ethyl adjacent to an activating group) is 2. The van der Waals surface area contributed by atoms with Gasteiger partial charge in [0.1, 0.15) is 5.70 Å². The van der Waals surface area contributed by atoms with Crippen molar-refractivity contribution in [3.05, 3.63) is 29.2 Å². The van der Waals surface area contributed by atoms with Crippen LogP contribution in [0.5, 0.6) is 0 Å². The zero-order valence-corrected chi connectivity index (χ0v) is 17.0. The van der Waals surface area contributed by atoms with Crippen molar-refractivity contribution in [2.24, 2.45) is 4.40 Å². The van der Waals surface area contributed by atoms with E-state index in [1.165, 1.54) is 7.05 Å². The number of amides is 1. The highest BCUT2D eigenvalue weighted by atomic mass is 32.2. The predicted octanol–water partition coefficient (Wildman–Crippen LogP) is 0.239. The maximum atomic E-state index is 13.0. The quantitative estimate of drug-likeness (QED) is 0.730. The number of aryl methyl sites for hydroxylation is 2. The molecule has 9 nitrogen and oxygen atoms in total. The van der Waals surface area contributed by atoms with E-state index >= 15 is 0 Å². The minimum Gasteiger partial charge on any atom is -0.335 e. The van der Waals surface area contributed by atoms with Crippen LogP contribution in [0.25, 0.3) is 0 Å². The van der Waals surface area contributed by atoms with Crippen molar-refractivity contribution in [1.82, 2.24) is 23.9 Å². The zero-order chi connectivity index (χ0) is 19.8. The van der Waals surface area contributed by atoms with Gasteiger partial charge in [-0.15, -0.1) is 4.40 Å². The highest BCUT2D eigenvalue weighted by Gasteiger charge is 2.34. The Morgan fingerprint density at radius 3 is 2.37 bits per heavy atom. The number of rotatable bonds is 4. The van der Waals surface area contributed by atoms with Crippen LogP contribution >= 0.6 is 0 Å². The summed E-state index contributed by atoms with van der Waals surface area (Å²) in [5, 5.41) is 4.35. The Labute approximate surface area is 160 Å². The fourth-order valence-electron chi connectivity index (χ4n) is 3.24. The lowest BCUT2D eigenvalue weighted by Gasteiger charge is -2.35. The lowest BCUT2D eigenvalue weighted by atomic mass is 10.1. The van der Waals surface area contributed by atoms with Crippen molar-refractivity contribution in [2.45, 2.75) is 27.3 Å². The highest BCUT2D eigenvalue weighted by molar-refractivity contribution is 7.88. The van der Waals surface area contributed by atoms with Gasteiger partial charge in [0, 0.05) is 51.5 Å². The van der Waals surface area contributed by atoms with Gasteiger partial charge >= 0.3 is 10.2 Å². The van der Waals surface area contributed by atoms with E-state index in [-0.39, 0.29) is 17.3 Å². The average molecular weight is 395 g/mol. The molecule has 1 saturated heterocycles. The van der Waals surface area contributed by atoms with E-state index < -0.39 is 10.2 Å². The summed E-state index contributed by atoms with van der Waals surface area (Å²) in [6.07, 6.45) is 3.31.